The van der Waals surface area contributed by atoms with Gasteiger partial charge in [-0.2, -0.15) is 0 Å². The second-order valence-electron chi connectivity index (χ2n) is 8.44. The van der Waals surface area contributed by atoms with Gasteiger partial charge in [-0.25, -0.2) is 4.98 Å². The number of methoxy groups -OCH3 is 1. The molecule has 34 heavy (non-hydrogen) atoms. The molecule has 0 atom stereocenters. The van der Waals surface area contributed by atoms with Gasteiger partial charge in [-0.15, -0.1) is 0 Å². The monoisotopic (exact) mass is 463 g/mol. The molecule has 1 aliphatic rings. The minimum Gasteiger partial charge on any atom is -0.486 e. The molecule has 0 aliphatic carbocycles. The Morgan fingerprint density at radius 3 is 2.71 bits per heavy atom. The molecule has 1 fully saturated rings. The highest BCUT2D eigenvalue weighted by molar-refractivity contribution is 5.98. The largest absolute Gasteiger partial charge is 0.486 e. The Morgan fingerprint density at radius 1 is 1.18 bits per heavy atom. The van der Waals surface area contributed by atoms with Crippen LogP contribution < -0.4 is 15.9 Å². The number of hydrogen-bond acceptors (Lipinski definition) is 6. The molecule has 0 aromatic carbocycles. The van der Waals surface area contributed by atoms with Gasteiger partial charge in [0.1, 0.15) is 28.8 Å². The first-order valence-corrected chi connectivity index (χ1v) is 11.0. The average molecular weight is 463 g/mol. The number of ether oxygens (including phenoxy) is 2. The molecule has 1 saturated heterocycles. The van der Waals surface area contributed by atoms with E-state index >= 15 is 0 Å². The van der Waals surface area contributed by atoms with Gasteiger partial charge >= 0.3 is 0 Å². The summed E-state index contributed by atoms with van der Waals surface area (Å²) in [4.78, 5) is 44.7. The first kappa shape index (κ1) is 21.9. The maximum Gasteiger partial charge on any atom is 0.270 e. The van der Waals surface area contributed by atoms with Crippen molar-refractivity contribution in [3.05, 3.63) is 74.7 Å². The number of carbonyl (C=O) groups excluding carboxylic acids is 1. The van der Waals surface area contributed by atoms with Crippen molar-refractivity contribution in [2.75, 3.05) is 26.8 Å². The van der Waals surface area contributed by atoms with Gasteiger partial charge in [0.2, 0.25) is 0 Å². The Hall–Kier alpha value is -3.92. The standard InChI is InChI=1S/C24H25N5O5/c1-15-10-16(11-21(30)26(15)2)34-17-13-27(14-17)24(32)19-12-18-22(28(19)8-9-33-3)25-20-6-4-5-7-29(20)23(18)31/h4-7,10-12,17H,8-9,13-14H2,1-3H3. The molecule has 0 radical (unpaired) electrons. The lowest BCUT2D eigenvalue weighted by atomic mass is 10.1. The highest BCUT2D eigenvalue weighted by atomic mass is 16.5. The normalized spacial score (nSPS) is 14.0. The summed E-state index contributed by atoms with van der Waals surface area (Å²) in [7, 11) is 3.29. The maximum absolute atomic E-state index is 13.4. The molecule has 4 aromatic heterocycles. The van der Waals surface area contributed by atoms with E-state index in [4.69, 9.17) is 9.47 Å². The zero-order chi connectivity index (χ0) is 24.0. The van der Waals surface area contributed by atoms with Crippen molar-refractivity contribution in [3.8, 4) is 5.75 Å². The van der Waals surface area contributed by atoms with E-state index in [9.17, 15) is 14.4 Å². The number of amides is 1. The third-order valence-corrected chi connectivity index (χ3v) is 6.23. The van der Waals surface area contributed by atoms with Crippen molar-refractivity contribution in [3.63, 3.8) is 0 Å². The number of fused-ring (bicyclic) bond motifs is 2. The van der Waals surface area contributed by atoms with Crippen molar-refractivity contribution >= 4 is 22.6 Å². The van der Waals surface area contributed by atoms with Crippen LogP contribution in [-0.4, -0.2) is 62.2 Å². The van der Waals surface area contributed by atoms with E-state index in [0.717, 1.165) is 5.69 Å². The third kappa shape index (κ3) is 3.65. The van der Waals surface area contributed by atoms with Crippen molar-refractivity contribution in [2.45, 2.75) is 19.6 Å². The van der Waals surface area contributed by atoms with Gasteiger partial charge in [0.25, 0.3) is 17.0 Å². The topological polar surface area (TPSA) is 100 Å². The van der Waals surface area contributed by atoms with Crippen LogP contribution in [0.1, 0.15) is 16.2 Å². The van der Waals surface area contributed by atoms with Crippen LogP contribution in [0.15, 0.2) is 52.2 Å². The molecule has 10 heteroatoms. The fraction of sp³-hybridized carbons (Fsp3) is 0.333. The summed E-state index contributed by atoms with van der Waals surface area (Å²) in [6.45, 7) is 3.36. The average Bonchev–Trinajstić information content (AvgIpc) is 3.16. The minimum atomic E-state index is -0.225. The molecule has 0 spiro atoms. The van der Waals surface area contributed by atoms with E-state index in [1.807, 2.05) is 13.0 Å². The predicted molar refractivity (Wildman–Crippen MR) is 126 cm³/mol. The summed E-state index contributed by atoms with van der Waals surface area (Å²) < 4.78 is 15.9. The lowest BCUT2D eigenvalue weighted by molar-refractivity contribution is 0.0168. The van der Waals surface area contributed by atoms with Crippen LogP contribution in [-0.2, 0) is 18.3 Å². The Balaban J connectivity index is 1.42. The molecule has 0 unspecified atom stereocenters. The van der Waals surface area contributed by atoms with Gasteiger partial charge in [0.05, 0.1) is 25.1 Å². The van der Waals surface area contributed by atoms with Gasteiger partial charge in [0, 0.05) is 38.7 Å². The number of hydrogen-bond donors (Lipinski definition) is 0. The second kappa shape index (κ2) is 8.45. The Kier molecular flexibility index (Phi) is 5.45. The van der Waals surface area contributed by atoms with Gasteiger partial charge < -0.3 is 23.5 Å². The minimum absolute atomic E-state index is 0.143. The molecule has 1 amide bonds. The van der Waals surface area contributed by atoms with E-state index in [-0.39, 0.29) is 23.1 Å². The molecule has 10 nitrogen and oxygen atoms in total. The number of aryl methyl sites for hydroxylation is 1. The SMILES string of the molecule is COCCn1c(C(=O)N2CC(Oc3cc(C)n(C)c(=O)c3)C2)cc2c(=O)n3ccccc3nc21. The number of pyridine rings is 2. The Labute approximate surface area is 194 Å². The summed E-state index contributed by atoms with van der Waals surface area (Å²) in [6.07, 6.45) is 1.45. The molecular formula is C24H25N5O5. The van der Waals surface area contributed by atoms with Crippen molar-refractivity contribution in [1.29, 1.82) is 0 Å². The van der Waals surface area contributed by atoms with Gasteiger partial charge in [-0.05, 0) is 31.2 Å². The lowest BCUT2D eigenvalue weighted by Gasteiger charge is -2.39. The Morgan fingerprint density at radius 2 is 1.97 bits per heavy atom. The zero-order valence-electron chi connectivity index (χ0n) is 19.2. The molecular weight excluding hydrogens is 438 g/mol. The molecule has 5 heterocycles. The summed E-state index contributed by atoms with van der Waals surface area (Å²) in [5.41, 5.74) is 1.78. The molecule has 4 aromatic rings. The zero-order valence-corrected chi connectivity index (χ0v) is 19.2. The van der Waals surface area contributed by atoms with Crippen LogP contribution in [0.2, 0.25) is 0 Å². The van der Waals surface area contributed by atoms with Crippen LogP contribution in [0.4, 0.5) is 0 Å². The van der Waals surface area contributed by atoms with Crippen molar-refractivity contribution in [1.82, 2.24) is 23.4 Å². The second-order valence-corrected chi connectivity index (χ2v) is 8.44. The number of nitrogens with zero attached hydrogens (tertiary/aromatic N) is 5. The molecule has 0 saturated carbocycles. The van der Waals surface area contributed by atoms with E-state index in [1.54, 1.807) is 58.7 Å². The molecule has 5 rings (SSSR count). The van der Waals surface area contributed by atoms with Gasteiger partial charge in [0.15, 0.2) is 0 Å². The summed E-state index contributed by atoms with van der Waals surface area (Å²) in [5, 5.41) is 0.382. The molecule has 176 valence electrons. The predicted octanol–water partition coefficient (Wildman–Crippen LogP) is 1.21. The van der Waals surface area contributed by atoms with Crippen LogP contribution in [0.5, 0.6) is 5.75 Å². The van der Waals surface area contributed by atoms with Gasteiger partial charge in [-0.3, -0.25) is 18.8 Å². The fourth-order valence-electron chi connectivity index (χ4n) is 4.18. The van der Waals surface area contributed by atoms with E-state index in [2.05, 4.69) is 4.98 Å². The van der Waals surface area contributed by atoms with Crippen LogP contribution in [0.25, 0.3) is 16.7 Å². The molecule has 1 aliphatic heterocycles. The number of aromatic nitrogens is 4. The fourth-order valence-corrected chi connectivity index (χ4v) is 4.18. The van der Waals surface area contributed by atoms with Crippen LogP contribution in [0.3, 0.4) is 0 Å². The van der Waals surface area contributed by atoms with Crippen LogP contribution in [0, 0.1) is 6.92 Å². The van der Waals surface area contributed by atoms with E-state index in [0.29, 0.717) is 54.4 Å². The van der Waals surface area contributed by atoms with Crippen molar-refractivity contribution < 1.29 is 14.3 Å². The first-order chi connectivity index (χ1) is 16.4. The smallest absolute Gasteiger partial charge is 0.270 e. The maximum atomic E-state index is 13.4. The molecule has 0 N–H and O–H groups in total. The van der Waals surface area contributed by atoms with Crippen molar-refractivity contribution in [2.24, 2.45) is 7.05 Å². The quantitative estimate of drug-likeness (QED) is 0.426. The summed E-state index contributed by atoms with van der Waals surface area (Å²) in [5.74, 6) is 0.290. The summed E-state index contributed by atoms with van der Waals surface area (Å²) >= 11 is 0. The van der Waals surface area contributed by atoms with E-state index < -0.39 is 0 Å². The molecule has 0 bridgehead atoms. The number of likely N-dealkylation sites (tertiary alicyclic amines) is 1. The Bertz CT molecular complexity index is 1530. The van der Waals surface area contributed by atoms with Crippen LogP contribution >= 0.6 is 0 Å². The van der Waals surface area contributed by atoms with Gasteiger partial charge in [-0.1, -0.05) is 6.07 Å². The van der Waals surface area contributed by atoms with E-state index in [1.165, 1.54) is 10.5 Å². The summed E-state index contributed by atoms with van der Waals surface area (Å²) in [6, 6.07) is 10.2. The lowest BCUT2D eigenvalue weighted by Crippen LogP contribution is -2.56. The highest BCUT2D eigenvalue weighted by Crippen LogP contribution is 2.23. The third-order valence-electron chi connectivity index (χ3n) is 6.23. The first-order valence-electron chi connectivity index (χ1n) is 11.0. The number of carbonyl (C=O) groups is 1. The highest BCUT2D eigenvalue weighted by Gasteiger charge is 2.35. The number of rotatable bonds is 6.